The van der Waals surface area contributed by atoms with E-state index in [4.69, 9.17) is 0 Å². The van der Waals surface area contributed by atoms with Crippen LogP contribution in [0.2, 0.25) is 0 Å². The molecule has 0 radical (unpaired) electrons. The summed E-state index contributed by atoms with van der Waals surface area (Å²) in [5, 5.41) is 16.9. The number of hydrogen-bond acceptors (Lipinski definition) is 14. The summed E-state index contributed by atoms with van der Waals surface area (Å²) in [7, 11) is -16.6. The Morgan fingerprint density at radius 2 is 0.914 bits per heavy atom. The molecule has 9 aromatic rings. The number of benzene rings is 7. The van der Waals surface area contributed by atoms with Crippen molar-refractivity contribution in [1.82, 2.24) is 19.9 Å². The van der Waals surface area contributed by atoms with Crippen LogP contribution in [0.4, 0.5) is 81.1 Å². The summed E-state index contributed by atoms with van der Waals surface area (Å²) in [6.07, 6.45) is -3.29. The number of hydrogen-bond donors (Lipinski definition) is 3. The number of rotatable bonds is 11. The summed E-state index contributed by atoms with van der Waals surface area (Å²) in [6.45, 7) is 0. The molecule has 15 nitrogen and oxygen atoms in total. The molecule has 9 rings (SSSR count). The summed E-state index contributed by atoms with van der Waals surface area (Å²) in [5.74, 6) is -0.625. The molecular formula is C51H35F12N7O8S3. The highest BCUT2D eigenvalue weighted by Gasteiger charge is 2.53. The zero-order valence-electron chi connectivity index (χ0n) is 40.5. The molecule has 7 aromatic carbocycles. The molecule has 0 unspecified atom stereocenters. The van der Waals surface area contributed by atoms with Crippen LogP contribution in [0.25, 0.3) is 44.1 Å². The molecule has 0 aliphatic rings. The molecule has 0 saturated carbocycles. The Kier molecular flexibility index (Phi) is 17.1. The number of halogens is 12. The van der Waals surface area contributed by atoms with Gasteiger partial charge in [-0.05, 0) is 119 Å². The number of phenols is 1. The minimum absolute atomic E-state index is 0.0335. The van der Waals surface area contributed by atoms with E-state index in [1.54, 1.807) is 54.7 Å². The first-order valence-corrected chi connectivity index (χ1v) is 27.0. The lowest BCUT2D eigenvalue weighted by Gasteiger charge is -2.22. The molecule has 0 fully saturated rings. The third-order valence-electron chi connectivity index (χ3n) is 10.8. The van der Waals surface area contributed by atoms with Crippen LogP contribution < -0.4 is 18.5 Å². The van der Waals surface area contributed by atoms with Crippen molar-refractivity contribution in [2.75, 3.05) is 20.6 Å². The van der Waals surface area contributed by atoms with Gasteiger partial charge in [0.1, 0.15) is 29.4 Å². The molecule has 0 bridgehead atoms. The van der Waals surface area contributed by atoms with Crippen LogP contribution in [0, 0.1) is 0 Å². The number of aromatic nitrogens is 4. The van der Waals surface area contributed by atoms with Crippen molar-refractivity contribution < 1.29 is 87.2 Å². The number of phenolic OH excluding ortho intramolecular Hbond substituents is 1. The Labute approximate surface area is 451 Å². The Morgan fingerprint density at radius 3 is 1.36 bits per heavy atom. The number of alkyl halides is 12. The molecule has 424 valence electrons. The Morgan fingerprint density at radius 1 is 0.481 bits per heavy atom. The monoisotopic (exact) mass is 1200 g/mol. The third-order valence-corrected chi connectivity index (χ3v) is 15.2. The number of para-hydroxylation sites is 1. The van der Waals surface area contributed by atoms with E-state index in [0.29, 0.717) is 39.8 Å². The molecule has 0 saturated heterocycles. The van der Waals surface area contributed by atoms with E-state index >= 15 is 0 Å². The van der Waals surface area contributed by atoms with Crippen LogP contribution in [-0.2, 0) is 42.5 Å². The number of nitrogens with zero attached hydrogens (tertiary/aromatic N) is 5. The zero-order valence-corrected chi connectivity index (χ0v) is 43.0. The highest BCUT2D eigenvalue weighted by molar-refractivity contribution is 8.10. The molecule has 81 heavy (non-hydrogen) atoms. The quantitative estimate of drug-likeness (QED) is 0.0625. The van der Waals surface area contributed by atoms with Gasteiger partial charge in [0.15, 0.2) is 5.75 Å². The van der Waals surface area contributed by atoms with Gasteiger partial charge >= 0.3 is 43.5 Å². The predicted molar refractivity (Wildman–Crippen MR) is 275 cm³/mol. The largest absolute Gasteiger partial charge is 0.534 e. The Balaban J connectivity index is 0.000000185. The van der Waals surface area contributed by atoms with Gasteiger partial charge in [-0.25, -0.2) is 28.4 Å². The van der Waals surface area contributed by atoms with Crippen LogP contribution in [0.15, 0.2) is 177 Å². The molecule has 30 heteroatoms. The van der Waals surface area contributed by atoms with Crippen molar-refractivity contribution in [3.8, 4) is 33.8 Å². The highest BCUT2D eigenvalue weighted by Crippen LogP contribution is 2.39. The highest BCUT2D eigenvalue weighted by atomic mass is 32.3. The van der Waals surface area contributed by atoms with Gasteiger partial charge in [0.2, 0.25) is 10.0 Å². The molecule has 0 aliphatic heterocycles. The minimum atomic E-state index is -6.00. The van der Waals surface area contributed by atoms with Gasteiger partial charge in [0.05, 0.1) is 23.1 Å². The van der Waals surface area contributed by atoms with Gasteiger partial charge in [-0.3, -0.25) is 0 Å². The summed E-state index contributed by atoms with van der Waals surface area (Å²) in [5.41, 5.74) is -9.54. The molecule has 2 heterocycles. The van der Waals surface area contributed by atoms with Gasteiger partial charge in [0.25, 0.3) is 0 Å². The second-order valence-electron chi connectivity index (χ2n) is 16.7. The Bertz CT molecular complexity index is 4100. The molecular weight excluding hydrogens is 1160 g/mol. The minimum Gasteiger partial charge on any atom is -0.506 e. The normalized spacial score (nSPS) is 12.4. The lowest BCUT2D eigenvalue weighted by molar-refractivity contribution is -0.138. The van der Waals surface area contributed by atoms with Gasteiger partial charge < -0.3 is 19.9 Å². The van der Waals surface area contributed by atoms with Crippen LogP contribution in [0.5, 0.6) is 11.5 Å². The van der Waals surface area contributed by atoms with Crippen molar-refractivity contribution in [1.29, 1.82) is 0 Å². The molecule has 0 spiro atoms. The van der Waals surface area contributed by atoms with Crippen molar-refractivity contribution in [3.63, 3.8) is 0 Å². The average molecular weight is 1200 g/mol. The zero-order chi connectivity index (χ0) is 59.3. The van der Waals surface area contributed by atoms with Crippen molar-refractivity contribution in [2.45, 2.75) is 23.4 Å². The molecule has 2 aromatic heterocycles. The van der Waals surface area contributed by atoms with Gasteiger partial charge in [-0.1, -0.05) is 54.6 Å². The van der Waals surface area contributed by atoms with Gasteiger partial charge in [0, 0.05) is 45.9 Å². The number of aromatic hydroxyl groups is 1. The summed E-state index contributed by atoms with van der Waals surface area (Å²) < 4.78 is 225. The maximum Gasteiger partial charge on any atom is 0.534 e. The summed E-state index contributed by atoms with van der Waals surface area (Å²) >= 11 is 0. The molecule has 0 aliphatic carbocycles. The van der Waals surface area contributed by atoms with E-state index in [-0.39, 0.29) is 27.9 Å². The van der Waals surface area contributed by atoms with E-state index in [0.717, 1.165) is 59.9 Å². The first kappa shape index (κ1) is 59.9. The van der Waals surface area contributed by atoms with Crippen molar-refractivity contribution in [3.05, 3.63) is 188 Å². The third kappa shape index (κ3) is 14.7. The standard InChI is InChI=1S/C22H13F6N3O3S.C21H14F3N3O.C8H8F3NO4S2/c23-21(24,25)16-4-2-6-18(10-16)31-17-5-1-3-13(8-17)14-7-15-11-29-12-30-20(15)19(9-14)34-35(32,33)22(26,27)28;22-21(23,24)16-4-2-6-18(10-16)27-17-5-1-3-13(8-17)14-7-15-11-25-12-26-20(15)19(28)9-14;1-17(13,14)12(7-5-3-2-4-6-7)18(15,16)8(9,10)11/h1-12,31H;1-12,27-28H;2-6H,1H3. The second kappa shape index (κ2) is 23.1. The second-order valence-corrected chi connectivity index (χ2v) is 22.1. The average Bonchev–Trinajstić information content (AvgIpc) is 3.39. The molecule has 0 atom stereocenters. The van der Waals surface area contributed by atoms with Crippen LogP contribution in [-0.4, -0.2) is 67.6 Å². The lowest BCUT2D eigenvalue weighted by Crippen LogP contribution is -2.44. The van der Waals surface area contributed by atoms with Crippen molar-refractivity contribution in [2.24, 2.45) is 0 Å². The number of anilines is 5. The fourth-order valence-electron chi connectivity index (χ4n) is 7.30. The maximum absolute atomic E-state index is 13.0. The number of nitrogens with one attached hydrogen (secondary N) is 2. The number of sulfonamides is 2. The fraction of sp³-hybridized carbons (Fsp3) is 0.0980. The molecule has 0 amide bonds. The fourth-order valence-corrected chi connectivity index (χ4v) is 10.5. The summed E-state index contributed by atoms with van der Waals surface area (Å²) in [6, 6.07) is 34.7. The van der Waals surface area contributed by atoms with E-state index in [1.807, 2.05) is 12.1 Å². The van der Waals surface area contributed by atoms with Crippen LogP contribution in [0.3, 0.4) is 0 Å². The van der Waals surface area contributed by atoms with E-state index in [1.165, 1.54) is 61.1 Å². The predicted octanol–water partition coefficient (Wildman–Crippen LogP) is 13.4. The van der Waals surface area contributed by atoms with E-state index in [9.17, 15) is 83.0 Å². The van der Waals surface area contributed by atoms with Crippen LogP contribution in [0.1, 0.15) is 11.1 Å². The van der Waals surface area contributed by atoms with Crippen molar-refractivity contribution >= 4 is 80.4 Å². The van der Waals surface area contributed by atoms with Crippen LogP contribution >= 0.6 is 0 Å². The maximum atomic E-state index is 13.0. The van der Waals surface area contributed by atoms with E-state index < -0.39 is 79.8 Å². The topological polar surface area (TPSA) is 211 Å². The molecule has 3 N–H and O–H groups in total. The van der Waals surface area contributed by atoms with Gasteiger partial charge in [-0.2, -0.15) is 73.2 Å². The lowest BCUT2D eigenvalue weighted by atomic mass is 10.0. The Hall–Kier alpha value is -8.77. The first-order chi connectivity index (χ1) is 37.7. The number of fused-ring (bicyclic) bond motifs is 2. The SMILES string of the molecule is CS(=O)(=O)N(c1ccccc1)S(=O)(=O)C(F)(F)F.O=S(=O)(Oc1cc(-c2cccc(Nc3cccc(C(F)(F)F)c3)c2)cc2cncnc12)C(F)(F)F.Oc1cc(-c2cccc(Nc3cccc(C(F)(F)F)c3)c2)cc2cncnc12. The first-order valence-electron chi connectivity index (χ1n) is 22.3. The smallest absolute Gasteiger partial charge is 0.506 e. The van der Waals surface area contributed by atoms with Gasteiger partial charge in [-0.15, -0.1) is 0 Å². The van der Waals surface area contributed by atoms with E-state index in [2.05, 4.69) is 34.8 Å². The summed E-state index contributed by atoms with van der Waals surface area (Å²) in [4.78, 5) is 15.6.